The van der Waals surface area contributed by atoms with Crippen LogP contribution in [0, 0.1) is 0 Å². The highest BCUT2D eigenvalue weighted by molar-refractivity contribution is 4.56. The van der Waals surface area contributed by atoms with Gasteiger partial charge in [-0.1, -0.05) is 6.42 Å². The summed E-state index contributed by atoms with van der Waals surface area (Å²) in [7, 11) is 0. The Balaban J connectivity index is 2.13. The number of hydrogen-bond acceptors (Lipinski definition) is 2. The van der Waals surface area contributed by atoms with Crippen LogP contribution in [0.3, 0.4) is 0 Å². The van der Waals surface area contributed by atoms with Crippen molar-refractivity contribution in [1.29, 1.82) is 0 Å². The first kappa shape index (κ1) is 7.98. The van der Waals surface area contributed by atoms with Crippen LogP contribution in [0.5, 0.6) is 0 Å². The summed E-state index contributed by atoms with van der Waals surface area (Å²) in [5.41, 5.74) is 0. The van der Waals surface area contributed by atoms with Crippen LogP contribution < -0.4 is 0 Å². The molecule has 59 valence electrons. The lowest BCUT2D eigenvalue weighted by molar-refractivity contribution is -0.280. The van der Waals surface area contributed by atoms with Crippen LogP contribution >= 0.6 is 0 Å². The Bertz CT molecular complexity index is 89.6. The molecule has 1 heterocycles. The number of hydrogen-bond donors (Lipinski definition) is 0. The zero-order valence-corrected chi connectivity index (χ0v) is 6.38. The SMILES string of the molecule is CC([O])ON1CCCCC1. The second-order valence-electron chi connectivity index (χ2n) is 2.66. The zero-order chi connectivity index (χ0) is 7.40. The van der Waals surface area contributed by atoms with E-state index in [1.165, 1.54) is 13.3 Å². The average Bonchev–Trinajstić information content (AvgIpc) is 1.88. The normalized spacial score (nSPS) is 24.6. The van der Waals surface area contributed by atoms with Gasteiger partial charge in [-0.15, -0.1) is 0 Å². The zero-order valence-electron chi connectivity index (χ0n) is 6.38. The molecule has 1 radical (unpaired) electrons. The van der Waals surface area contributed by atoms with Gasteiger partial charge in [0.15, 0.2) is 0 Å². The summed E-state index contributed by atoms with van der Waals surface area (Å²) in [6.07, 6.45) is 2.69. The van der Waals surface area contributed by atoms with Crippen molar-refractivity contribution < 1.29 is 9.94 Å². The highest BCUT2D eigenvalue weighted by Crippen LogP contribution is 2.09. The number of piperidine rings is 1. The minimum atomic E-state index is -0.905. The van der Waals surface area contributed by atoms with Crippen molar-refractivity contribution in [3.05, 3.63) is 0 Å². The van der Waals surface area contributed by atoms with E-state index in [2.05, 4.69) is 0 Å². The van der Waals surface area contributed by atoms with Crippen molar-refractivity contribution in [2.75, 3.05) is 13.1 Å². The molecule has 3 heteroatoms. The molecule has 1 atom stereocenters. The van der Waals surface area contributed by atoms with Crippen molar-refractivity contribution >= 4 is 0 Å². The van der Waals surface area contributed by atoms with Gasteiger partial charge in [0, 0.05) is 13.1 Å². The first-order valence-electron chi connectivity index (χ1n) is 3.86. The fraction of sp³-hybridized carbons (Fsp3) is 1.00. The largest absolute Gasteiger partial charge is 0.264 e. The van der Waals surface area contributed by atoms with E-state index in [-0.39, 0.29) is 0 Å². The van der Waals surface area contributed by atoms with E-state index >= 15 is 0 Å². The van der Waals surface area contributed by atoms with Gasteiger partial charge >= 0.3 is 0 Å². The maximum atomic E-state index is 10.5. The average molecular weight is 144 g/mol. The molecule has 1 rings (SSSR count). The lowest BCUT2D eigenvalue weighted by Crippen LogP contribution is -2.32. The van der Waals surface area contributed by atoms with Gasteiger partial charge in [0.25, 0.3) is 0 Å². The van der Waals surface area contributed by atoms with Crippen LogP contribution in [0.25, 0.3) is 0 Å². The first-order chi connectivity index (χ1) is 4.79. The van der Waals surface area contributed by atoms with Gasteiger partial charge < -0.3 is 0 Å². The topological polar surface area (TPSA) is 32.4 Å². The molecule has 1 unspecified atom stereocenters. The fourth-order valence-corrected chi connectivity index (χ4v) is 1.18. The standard InChI is InChI=1S/C7H14NO2/c1-7(9)10-8-5-3-2-4-6-8/h7H,2-6H2,1H3. The molecule has 10 heavy (non-hydrogen) atoms. The molecule has 0 amide bonds. The first-order valence-corrected chi connectivity index (χ1v) is 3.86. The Hall–Kier alpha value is -0.120. The summed E-state index contributed by atoms with van der Waals surface area (Å²) < 4.78 is 0. The minimum absolute atomic E-state index is 0.905. The van der Waals surface area contributed by atoms with E-state index in [1.807, 2.05) is 0 Å². The smallest absolute Gasteiger partial charge is 0.208 e. The van der Waals surface area contributed by atoms with Crippen molar-refractivity contribution in [1.82, 2.24) is 5.06 Å². The van der Waals surface area contributed by atoms with Gasteiger partial charge in [0.2, 0.25) is 6.29 Å². The molecular formula is C7H14NO2. The fourth-order valence-electron chi connectivity index (χ4n) is 1.18. The minimum Gasteiger partial charge on any atom is -0.264 e. The van der Waals surface area contributed by atoms with Gasteiger partial charge in [0.1, 0.15) is 0 Å². The van der Waals surface area contributed by atoms with E-state index in [0.717, 1.165) is 25.9 Å². The molecule has 3 nitrogen and oxygen atoms in total. The molecule has 0 saturated carbocycles. The molecule has 0 aliphatic carbocycles. The lowest BCUT2D eigenvalue weighted by Gasteiger charge is -2.25. The van der Waals surface area contributed by atoms with Gasteiger partial charge in [-0.2, -0.15) is 5.06 Å². The number of hydroxylamine groups is 2. The predicted molar refractivity (Wildman–Crippen MR) is 36.7 cm³/mol. The summed E-state index contributed by atoms with van der Waals surface area (Å²) in [5, 5.41) is 12.3. The summed E-state index contributed by atoms with van der Waals surface area (Å²) in [6, 6.07) is 0. The molecule has 0 aromatic rings. The molecule has 0 spiro atoms. The van der Waals surface area contributed by atoms with Gasteiger partial charge in [-0.05, 0) is 19.8 Å². The second kappa shape index (κ2) is 3.91. The predicted octanol–water partition coefficient (Wildman–Crippen LogP) is 1.18. The third-order valence-electron chi connectivity index (χ3n) is 1.61. The molecule has 0 N–H and O–H groups in total. The van der Waals surface area contributed by atoms with Gasteiger partial charge in [-0.3, -0.25) is 4.84 Å². The molecule has 1 fully saturated rings. The Morgan fingerprint density at radius 1 is 1.30 bits per heavy atom. The Morgan fingerprint density at radius 2 is 1.90 bits per heavy atom. The van der Waals surface area contributed by atoms with E-state index < -0.39 is 6.29 Å². The lowest BCUT2D eigenvalue weighted by atomic mass is 10.2. The summed E-state index contributed by atoms with van der Waals surface area (Å²) in [4.78, 5) is 4.97. The molecule has 1 aliphatic heterocycles. The quantitative estimate of drug-likeness (QED) is 0.545. The number of nitrogens with zero attached hydrogens (tertiary/aromatic N) is 1. The molecule has 1 saturated heterocycles. The Morgan fingerprint density at radius 3 is 2.40 bits per heavy atom. The van der Waals surface area contributed by atoms with E-state index in [4.69, 9.17) is 4.84 Å². The van der Waals surface area contributed by atoms with E-state index in [9.17, 15) is 5.11 Å². The van der Waals surface area contributed by atoms with Crippen LogP contribution in [-0.4, -0.2) is 24.4 Å². The summed E-state index contributed by atoms with van der Waals surface area (Å²) >= 11 is 0. The van der Waals surface area contributed by atoms with E-state index in [1.54, 1.807) is 5.06 Å². The van der Waals surface area contributed by atoms with Crippen molar-refractivity contribution in [3.8, 4) is 0 Å². The molecule has 0 bridgehead atoms. The van der Waals surface area contributed by atoms with Crippen LogP contribution in [0.2, 0.25) is 0 Å². The Kier molecular flexibility index (Phi) is 3.12. The molecule has 0 aromatic carbocycles. The second-order valence-corrected chi connectivity index (χ2v) is 2.66. The van der Waals surface area contributed by atoms with Crippen molar-refractivity contribution in [2.24, 2.45) is 0 Å². The van der Waals surface area contributed by atoms with Gasteiger partial charge in [0.05, 0.1) is 0 Å². The summed E-state index contributed by atoms with van der Waals surface area (Å²) in [5.74, 6) is 0. The molecule has 1 aliphatic rings. The Labute approximate surface area is 61.5 Å². The van der Waals surface area contributed by atoms with Crippen LogP contribution in [0.1, 0.15) is 26.2 Å². The highest BCUT2D eigenvalue weighted by atomic mass is 16.7. The summed E-state index contributed by atoms with van der Waals surface area (Å²) in [6.45, 7) is 3.37. The van der Waals surface area contributed by atoms with Crippen molar-refractivity contribution in [2.45, 2.75) is 32.5 Å². The third kappa shape index (κ3) is 2.64. The highest BCUT2D eigenvalue weighted by Gasteiger charge is 2.12. The maximum Gasteiger partial charge on any atom is 0.208 e. The van der Waals surface area contributed by atoms with Crippen molar-refractivity contribution in [3.63, 3.8) is 0 Å². The van der Waals surface area contributed by atoms with Crippen LogP contribution in [-0.2, 0) is 9.94 Å². The molecule has 0 aromatic heterocycles. The van der Waals surface area contributed by atoms with E-state index in [0.29, 0.717) is 0 Å². The van der Waals surface area contributed by atoms with Gasteiger partial charge in [-0.25, -0.2) is 5.11 Å². The van der Waals surface area contributed by atoms with Crippen LogP contribution in [0.4, 0.5) is 0 Å². The third-order valence-corrected chi connectivity index (χ3v) is 1.61. The molecular weight excluding hydrogens is 130 g/mol. The van der Waals surface area contributed by atoms with Crippen LogP contribution in [0.15, 0.2) is 0 Å². The monoisotopic (exact) mass is 144 g/mol. The number of rotatable bonds is 2. The maximum absolute atomic E-state index is 10.5.